The predicted molar refractivity (Wildman–Crippen MR) is 95.5 cm³/mol. The van der Waals surface area contributed by atoms with Crippen LogP contribution in [0.15, 0.2) is 30.3 Å². The van der Waals surface area contributed by atoms with Gasteiger partial charge in [0.1, 0.15) is 0 Å². The molecule has 1 aromatic carbocycles. The van der Waals surface area contributed by atoms with Crippen molar-refractivity contribution in [3.63, 3.8) is 0 Å². The van der Waals surface area contributed by atoms with E-state index in [4.69, 9.17) is 5.73 Å². The van der Waals surface area contributed by atoms with E-state index in [-0.39, 0.29) is 17.9 Å². The first-order valence-corrected chi connectivity index (χ1v) is 8.86. The number of tetrazole rings is 1. The monoisotopic (exact) mass is 342 g/mol. The average molecular weight is 342 g/mol. The Bertz CT molecular complexity index is 713. The van der Waals surface area contributed by atoms with Crippen LogP contribution in [-0.2, 0) is 4.79 Å². The number of benzene rings is 1. The summed E-state index contributed by atoms with van der Waals surface area (Å²) in [5.74, 6) is 1.02. The maximum Gasteiger partial charge on any atom is 0.249 e. The number of hydrogen-bond acceptors (Lipinski definition) is 5. The Labute approximate surface area is 148 Å². The van der Waals surface area contributed by atoms with Gasteiger partial charge in [-0.15, -0.1) is 10.2 Å². The maximum absolute atomic E-state index is 13.2. The Morgan fingerprint density at radius 2 is 2.04 bits per heavy atom. The fraction of sp³-hybridized carbons (Fsp3) is 0.556. The highest BCUT2D eigenvalue weighted by Gasteiger charge is 2.38. The summed E-state index contributed by atoms with van der Waals surface area (Å²) in [6, 6.07) is 9.41. The maximum atomic E-state index is 13.2. The molecule has 25 heavy (non-hydrogen) atoms. The van der Waals surface area contributed by atoms with E-state index in [0.29, 0.717) is 24.8 Å². The second-order valence-electron chi connectivity index (χ2n) is 7.17. The summed E-state index contributed by atoms with van der Waals surface area (Å²) >= 11 is 0. The van der Waals surface area contributed by atoms with Crippen molar-refractivity contribution in [1.29, 1.82) is 0 Å². The van der Waals surface area contributed by atoms with Gasteiger partial charge in [0.2, 0.25) is 11.7 Å². The first-order valence-electron chi connectivity index (χ1n) is 8.86. The molecule has 1 amide bonds. The molecule has 2 N–H and O–H groups in total. The highest BCUT2D eigenvalue weighted by molar-refractivity contribution is 5.81. The van der Waals surface area contributed by atoms with Gasteiger partial charge < -0.3 is 10.6 Å². The third-order valence-corrected chi connectivity index (χ3v) is 4.87. The fourth-order valence-corrected chi connectivity index (χ4v) is 3.49. The van der Waals surface area contributed by atoms with Crippen molar-refractivity contribution in [3.05, 3.63) is 30.3 Å². The molecule has 0 bridgehead atoms. The zero-order valence-corrected chi connectivity index (χ0v) is 15.0. The molecular formula is C18H26N6O. The van der Waals surface area contributed by atoms with Crippen LogP contribution in [0.5, 0.6) is 0 Å². The molecule has 3 atom stereocenters. The summed E-state index contributed by atoms with van der Waals surface area (Å²) in [5.41, 5.74) is 6.69. The summed E-state index contributed by atoms with van der Waals surface area (Å²) in [6.45, 7) is 7.42. The van der Waals surface area contributed by atoms with E-state index in [1.54, 1.807) is 0 Å². The Morgan fingerprint density at radius 1 is 1.32 bits per heavy atom. The largest absolute Gasteiger partial charge is 0.338 e. The minimum Gasteiger partial charge on any atom is -0.338 e. The molecule has 0 aliphatic carbocycles. The molecule has 1 aliphatic heterocycles. The van der Waals surface area contributed by atoms with Crippen LogP contribution in [0.3, 0.4) is 0 Å². The summed E-state index contributed by atoms with van der Waals surface area (Å²) in [6.07, 6.45) is 0.951. The number of nitrogens with zero attached hydrogens (tertiary/aromatic N) is 5. The minimum atomic E-state index is -0.455. The van der Waals surface area contributed by atoms with E-state index in [9.17, 15) is 4.79 Å². The Hall–Kier alpha value is -2.28. The second-order valence-corrected chi connectivity index (χ2v) is 7.17. The molecule has 7 heteroatoms. The van der Waals surface area contributed by atoms with E-state index in [1.807, 2.05) is 49.1 Å². The molecule has 1 fully saturated rings. The van der Waals surface area contributed by atoms with Crippen LogP contribution in [0.1, 0.15) is 33.2 Å². The van der Waals surface area contributed by atoms with E-state index >= 15 is 0 Å². The number of aromatic nitrogens is 4. The van der Waals surface area contributed by atoms with Gasteiger partial charge in [0.25, 0.3) is 0 Å². The Balaban J connectivity index is 1.85. The zero-order valence-electron chi connectivity index (χ0n) is 15.0. The Kier molecular flexibility index (Phi) is 5.13. The second kappa shape index (κ2) is 7.31. The highest BCUT2D eigenvalue weighted by Crippen LogP contribution is 2.28. The van der Waals surface area contributed by atoms with Crippen molar-refractivity contribution in [2.45, 2.75) is 39.3 Å². The molecule has 1 saturated heterocycles. The van der Waals surface area contributed by atoms with E-state index in [0.717, 1.165) is 12.0 Å². The summed E-state index contributed by atoms with van der Waals surface area (Å²) in [4.78, 5) is 16.6. The average Bonchev–Trinajstić information content (AvgIpc) is 3.22. The van der Waals surface area contributed by atoms with Gasteiger partial charge in [-0.2, -0.15) is 4.80 Å². The number of carbonyl (C=O) groups is 1. The van der Waals surface area contributed by atoms with Crippen LogP contribution in [0, 0.1) is 11.8 Å². The van der Waals surface area contributed by atoms with Crippen LogP contribution < -0.4 is 5.73 Å². The zero-order chi connectivity index (χ0) is 18.0. The van der Waals surface area contributed by atoms with Gasteiger partial charge in [-0.3, -0.25) is 4.79 Å². The minimum absolute atomic E-state index is 0.0514. The highest BCUT2D eigenvalue weighted by atomic mass is 16.2. The molecule has 2 aromatic rings. The van der Waals surface area contributed by atoms with Crippen molar-refractivity contribution >= 4 is 5.91 Å². The number of hydrogen-bond donors (Lipinski definition) is 1. The van der Waals surface area contributed by atoms with Crippen molar-refractivity contribution in [2.75, 3.05) is 13.1 Å². The van der Waals surface area contributed by atoms with Crippen molar-refractivity contribution in [1.82, 2.24) is 25.1 Å². The van der Waals surface area contributed by atoms with Crippen LogP contribution >= 0.6 is 0 Å². The predicted octanol–water partition coefficient (Wildman–Crippen LogP) is 1.73. The smallest absolute Gasteiger partial charge is 0.249 e. The molecule has 3 rings (SSSR count). The number of nitrogens with two attached hydrogens (primary N) is 1. The molecule has 0 spiro atoms. The number of likely N-dealkylation sites (tertiary alicyclic amines) is 1. The first kappa shape index (κ1) is 17.5. The fourth-order valence-electron chi connectivity index (χ4n) is 3.49. The topological polar surface area (TPSA) is 89.9 Å². The molecule has 1 aliphatic rings. The van der Waals surface area contributed by atoms with Crippen LogP contribution in [0.4, 0.5) is 0 Å². The number of rotatable bonds is 5. The lowest BCUT2D eigenvalue weighted by Gasteiger charge is -2.28. The molecule has 134 valence electrons. The third-order valence-electron chi connectivity index (χ3n) is 4.87. The third kappa shape index (κ3) is 3.56. The molecular weight excluding hydrogens is 316 g/mol. The number of amides is 1. The molecule has 3 unspecified atom stereocenters. The van der Waals surface area contributed by atoms with Crippen molar-refractivity contribution in [3.8, 4) is 11.4 Å². The van der Waals surface area contributed by atoms with Gasteiger partial charge in [0.15, 0.2) is 6.04 Å². The molecule has 7 nitrogen and oxygen atoms in total. The van der Waals surface area contributed by atoms with Gasteiger partial charge in [0, 0.05) is 18.2 Å². The molecule has 0 saturated carbocycles. The van der Waals surface area contributed by atoms with Gasteiger partial charge in [-0.1, -0.05) is 44.2 Å². The van der Waals surface area contributed by atoms with Crippen LogP contribution in [0.25, 0.3) is 11.4 Å². The van der Waals surface area contributed by atoms with Crippen LogP contribution in [-0.4, -0.2) is 50.1 Å². The molecule has 1 aromatic heterocycles. The van der Waals surface area contributed by atoms with Crippen molar-refractivity contribution in [2.24, 2.45) is 17.6 Å². The van der Waals surface area contributed by atoms with Gasteiger partial charge >= 0.3 is 0 Å². The summed E-state index contributed by atoms with van der Waals surface area (Å²) in [5, 5.41) is 12.8. The van der Waals surface area contributed by atoms with E-state index in [2.05, 4.69) is 22.3 Å². The summed E-state index contributed by atoms with van der Waals surface area (Å²) < 4.78 is 0. The number of carbonyl (C=O) groups excluding carboxylic acids is 1. The van der Waals surface area contributed by atoms with Gasteiger partial charge in [-0.05, 0) is 36.9 Å². The lowest BCUT2D eigenvalue weighted by molar-refractivity contribution is -0.137. The molecule has 0 radical (unpaired) electrons. The van der Waals surface area contributed by atoms with E-state index < -0.39 is 6.04 Å². The summed E-state index contributed by atoms with van der Waals surface area (Å²) in [7, 11) is 0. The molecule has 2 heterocycles. The normalized spacial score (nSPS) is 21.7. The standard InChI is InChI=1S/C18H26N6O/c1-12(2)16(18(25)23-11-14(10-19)9-13(23)3)24-21-17(20-22-24)15-7-5-4-6-8-15/h4-8,12-14,16H,9-11,19H2,1-3H3. The van der Waals surface area contributed by atoms with Crippen molar-refractivity contribution < 1.29 is 4.79 Å². The van der Waals surface area contributed by atoms with Gasteiger partial charge in [0.05, 0.1) is 0 Å². The lowest BCUT2D eigenvalue weighted by atomic mass is 10.0. The SMILES string of the molecule is CC(C)C(C(=O)N1CC(CN)CC1C)n1nnc(-c2ccccc2)n1. The van der Waals surface area contributed by atoms with Gasteiger partial charge in [-0.25, -0.2) is 0 Å². The van der Waals surface area contributed by atoms with Crippen LogP contribution in [0.2, 0.25) is 0 Å². The first-order chi connectivity index (χ1) is 12.0. The van der Waals surface area contributed by atoms with E-state index in [1.165, 1.54) is 4.80 Å². The quantitative estimate of drug-likeness (QED) is 0.894. The Morgan fingerprint density at radius 3 is 2.64 bits per heavy atom. The lowest BCUT2D eigenvalue weighted by Crippen LogP contribution is -2.42.